The Hall–Kier alpha value is -1.55. The number of amides is 1. The van der Waals surface area contributed by atoms with Gasteiger partial charge in [0, 0.05) is 19.6 Å². The number of likely N-dealkylation sites (N-methyl/N-ethyl adjacent to an activating group) is 2. The van der Waals surface area contributed by atoms with Gasteiger partial charge in [-0.1, -0.05) is 12.1 Å². The van der Waals surface area contributed by atoms with E-state index in [0.717, 1.165) is 30.9 Å². The lowest BCUT2D eigenvalue weighted by atomic mass is 10.1. The summed E-state index contributed by atoms with van der Waals surface area (Å²) >= 11 is 0. The minimum Gasteiger partial charge on any atom is -0.492 e. The molecular weight excluding hydrogens is 264 g/mol. The lowest BCUT2D eigenvalue weighted by Crippen LogP contribution is -2.39. The van der Waals surface area contributed by atoms with E-state index in [2.05, 4.69) is 25.1 Å². The molecule has 0 saturated carbocycles. The summed E-state index contributed by atoms with van der Waals surface area (Å²) < 4.78 is 5.82. The highest BCUT2D eigenvalue weighted by atomic mass is 16.5. The van der Waals surface area contributed by atoms with Gasteiger partial charge in [0.05, 0.1) is 6.54 Å². The molecule has 0 fully saturated rings. The molecule has 0 atom stereocenters. The van der Waals surface area contributed by atoms with Crippen LogP contribution in [-0.2, 0) is 4.79 Å². The van der Waals surface area contributed by atoms with Gasteiger partial charge >= 0.3 is 0 Å². The summed E-state index contributed by atoms with van der Waals surface area (Å²) in [5.74, 6) is 1.10. The molecule has 0 aliphatic carbocycles. The standard InChI is InChI=1S/C17H28N2O2/c1-6-19(7-2)17(20)13-18(5)10-11-21-16-12-14(3)8-9-15(16)4/h8-9,12H,6-7,10-11,13H2,1-5H3. The predicted molar refractivity (Wildman–Crippen MR) is 86.8 cm³/mol. The molecule has 0 bridgehead atoms. The zero-order valence-electron chi connectivity index (χ0n) is 14.0. The number of benzene rings is 1. The van der Waals surface area contributed by atoms with Crippen LogP contribution in [0.4, 0.5) is 0 Å². The molecule has 0 aromatic heterocycles. The second-order valence-electron chi connectivity index (χ2n) is 5.42. The quantitative estimate of drug-likeness (QED) is 0.738. The van der Waals surface area contributed by atoms with Gasteiger partial charge in [0.2, 0.25) is 5.91 Å². The molecular formula is C17H28N2O2. The van der Waals surface area contributed by atoms with E-state index in [-0.39, 0.29) is 5.91 Å². The van der Waals surface area contributed by atoms with E-state index in [1.807, 2.05) is 37.6 Å². The summed E-state index contributed by atoms with van der Waals surface area (Å²) in [4.78, 5) is 15.8. The van der Waals surface area contributed by atoms with Crippen molar-refractivity contribution in [1.82, 2.24) is 9.80 Å². The van der Waals surface area contributed by atoms with Crippen LogP contribution >= 0.6 is 0 Å². The molecule has 1 amide bonds. The van der Waals surface area contributed by atoms with Crippen LogP contribution in [0.25, 0.3) is 0 Å². The Morgan fingerprint density at radius 2 is 1.86 bits per heavy atom. The fraction of sp³-hybridized carbons (Fsp3) is 0.588. The minimum absolute atomic E-state index is 0.175. The van der Waals surface area contributed by atoms with E-state index >= 15 is 0 Å². The first-order valence-electron chi connectivity index (χ1n) is 7.64. The summed E-state index contributed by atoms with van der Waals surface area (Å²) in [6.07, 6.45) is 0. The first kappa shape index (κ1) is 17.5. The lowest BCUT2D eigenvalue weighted by molar-refractivity contribution is -0.131. The Kier molecular flexibility index (Phi) is 7.23. The van der Waals surface area contributed by atoms with Crippen molar-refractivity contribution in [2.75, 3.05) is 39.8 Å². The Labute approximate surface area is 128 Å². The number of nitrogens with zero attached hydrogens (tertiary/aromatic N) is 2. The van der Waals surface area contributed by atoms with E-state index in [0.29, 0.717) is 13.2 Å². The largest absolute Gasteiger partial charge is 0.492 e. The van der Waals surface area contributed by atoms with Crippen molar-refractivity contribution >= 4 is 5.91 Å². The molecule has 0 N–H and O–H groups in total. The Morgan fingerprint density at radius 3 is 2.48 bits per heavy atom. The number of carbonyl (C=O) groups excluding carboxylic acids is 1. The third-order valence-electron chi connectivity index (χ3n) is 3.60. The van der Waals surface area contributed by atoms with Crippen molar-refractivity contribution in [3.63, 3.8) is 0 Å². The first-order valence-corrected chi connectivity index (χ1v) is 7.64. The van der Waals surface area contributed by atoms with Gasteiger partial charge in [-0.25, -0.2) is 0 Å². The van der Waals surface area contributed by atoms with E-state index in [4.69, 9.17) is 4.74 Å². The number of ether oxygens (including phenoxy) is 1. The second kappa shape index (κ2) is 8.67. The topological polar surface area (TPSA) is 32.8 Å². The van der Waals surface area contributed by atoms with E-state index in [1.54, 1.807) is 0 Å². The van der Waals surface area contributed by atoms with Gasteiger partial charge in [-0.05, 0) is 51.9 Å². The number of rotatable bonds is 8. The molecule has 1 aromatic rings. The molecule has 1 aromatic carbocycles. The maximum Gasteiger partial charge on any atom is 0.236 e. The average Bonchev–Trinajstić information content (AvgIpc) is 2.44. The third kappa shape index (κ3) is 5.76. The predicted octanol–water partition coefficient (Wildman–Crippen LogP) is 2.48. The number of aryl methyl sites for hydroxylation is 2. The number of carbonyl (C=O) groups is 1. The average molecular weight is 292 g/mol. The van der Waals surface area contributed by atoms with Gasteiger partial charge in [0.15, 0.2) is 0 Å². The summed E-state index contributed by atoms with van der Waals surface area (Å²) in [6.45, 7) is 11.4. The molecule has 1 rings (SSSR count). The molecule has 21 heavy (non-hydrogen) atoms. The Morgan fingerprint density at radius 1 is 1.19 bits per heavy atom. The summed E-state index contributed by atoms with van der Waals surface area (Å²) in [5.41, 5.74) is 2.34. The molecule has 0 aliphatic rings. The van der Waals surface area contributed by atoms with Gasteiger partial charge in [0.25, 0.3) is 0 Å². The molecule has 0 saturated heterocycles. The van der Waals surface area contributed by atoms with E-state index in [1.165, 1.54) is 5.56 Å². The van der Waals surface area contributed by atoms with Crippen molar-refractivity contribution in [3.8, 4) is 5.75 Å². The third-order valence-corrected chi connectivity index (χ3v) is 3.60. The molecule has 0 radical (unpaired) electrons. The summed E-state index contributed by atoms with van der Waals surface area (Å²) in [7, 11) is 1.95. The summed E-state index contributed by atoms with van der Waals surface area (Å²) in [6, 6.07) is 6.20. The number of hydrogen-bond donors (Lipinski definition) is 0. The highest BCUT2D eigenvalue weighted by Gasteiger charge is 2.12. The molecule has 118 valence electrons. The van der Waals surface area contributed by atoms with Gasteiger partial charge in [-0.15, -0.1) is 0 Å². The fourth-order valence-electron chi connectivity index (χ4n) is 2.16. The van der Waals surface area contributed by atoms with Crippen LogP contribution in [0, 0.1) is 13.8 Å². The highest BCUT2D eigenvalue weighted by Crippen LogP contribution is 2.18. The van der Waals surface area contributed by atoms with Gasteiger partial charge in [0.1, 0.15) is 12.4 Å². The normalized spacial score (nSPS) is 10.8. The van der Waals surface area contributed by atoms with Gasteiger partial charge in [-0.3, -0.25) is 9.69 Å². The summed E-state index contributed by atoms with van der Waals surface area (Å²) in [5, 5.41) is 0. The molecule has 4 nitrogen and oxygen atoms in total. The van der Waals surface area contributed by atoms with Crippen molar-refractivity contribution in [2.24, 2.45) is 0 Å². The van der Waals surface area contributed by atoms with Crippen LogP contribution in [0.1, 0.15) is 25.0 Å². The minimum atomic E-state index is 0.175. The van der Waals surface area contributed by atoms with Crippen LogP contribution < -0.4 is 4.74 Å². The van der Waals surface area contributed by atoms with E-state index in [9.17, 15) is 4.79 Å². The fourth-order valence-corrected chi connectivity index (χ4v) is 2.16. The molecule has 4 heteroatoms. The van der Waals surface area contributed by atoms with Crippen molar-refractivity contribution in [2.45, 2.75) is 27.7 Å². The smallest absolute Gasteiger partial charge is 0.236 e. The molecule has 0 spiro atoms. The first-order chi connectivity index (χ1) is 9.97. The van der Waals surface area contributed by atoms with Crippen LogP contribution in [0.5, 0.6) is 5.75 Å². The zero-order valence-corrected chi connectivity index (χ0v) is 14.0. The van der Waals surface area contributed by atoms with Crippen LogP contribution in [0.15, 0.2) is 18.2 Å². The van der Waals surface area contributed by atoms with Crippen molar-refractivity contribution in [1.29, 1.82) is 0 Å². The number of hydrogen-bond acceptors (Lipinski definition) is 3. The van der Waals surface area contributed by atoms with Gasteiger partial charge in [-0.2, -0.15) is 0 Å². The molecule has 0 unspecified atom stereocenters. The van der Waals surface area contributed by atoms with E-state index < -0.39 is 0 Å². The Balaban J connectivity index is 2.38. The Bertz CT molecular complexity index is 456. The van der Waals surface area contributed by atoms with Crippen molar-refractivity contribution in [3.05, 3.63) is 29.3 Å². The lowest BCUT2D eigenvalue weighted by Gasteiger charge is -2.23. The molecule has 0 aliphatic heterocycles. The maximum absolute atomic E-state index is 12.0. The highest BCUT2D eigenvalue weighted by molar-refractivity contribution is 5.78. The zero-order chi connectivity index (χ0) is 15.8. The molecule has 0 heterocycles. The monoisotopic (exact) mass is 292 g/mol. The second-order valence-corrected chi connectivity index (χ2v) is 5.42. The SMILES string of the molecule is CCN(CC)C(=O)CN(C)CCOc1cc(C)ccc1C. The van der Waals surface area contributed by atoms with Crippen LogP contribution in [0.2, 0.25) is 0 Å². The van der Waals surface area contributed by atoms with Crippen LogP contribution in [0.3, 0.4) is 0 Å². The van der Waals surface area contributed by atoms with Crippen molar-refractivity contribution < 1.29 is 9.53 Å². The van der Waals surface area contributed by atoms with Gasteiger partial charge < -0.3 is 9.64 Å². The maximum atomic E-state index is 12.0. The van der Waals surface area contributed by atoms with Crippen LogP contribution in [-0.4, -0.2) is 55.5 Å².